The molecule has 5 nitrogen and oxygen atoms in total. The van der Waals surface area contributed by atoms with Gasteiger partial charge in [-0.15, -0.1) is 0 Å². The zero-order valence-electron chi connectivity index (χ0n) is 14.1. The Kier molecular flexibility index (Phi) is 6.21. The van der Waals surface area contributed by atoms with Gasteiger partial charge in [0.05, 0.1) is 12.4 Å². The molecule has 1 atom stereocenters. The zero-order valence-corrected chi connectivity index (χ0v) is 14.9. The van der Waals surface area contributed by atoms with Crippen LogP contribution in [0.15, 0.2) is 29.8 Å². The van der Waals surface area contributed by atoms with Crippen molar-refractivity contribution in [2.24, 2.45) is 0 Å². The first-order valence-corrected chi connectivity index (χ1v) is 9.51. The van der Waals surface area contributed by atoms with E-state index in [0.29, 0.717) is 19.5 Å². The summed E-state index contributed by atoms with van der Waals surface area (Å²) in [7, 11) is -1.52. The predicted molar refractivity (Wildman–Crippen MR) is 94.1 cm³/mol. The normalized spacial score (nSPS) is 20.0. The van der Waals surface area contributed by atoms with Crippen molar-refractivity contribution < 1.29 is 13.2 Å². The molecule has 0 aliphatic carbocycles. The summed E-state index contributed by atoms with van der Waals surface area (Å²) in [5.74, 6) is 0.843. The van der Waals surface area contributed by atoms with Gasteiger partial charge in [0.15, 0.2) is 0 Å². The van der Waals surface area contributed by atoms with Gasteiger partial charge >= 0.3 is 0 Å². The molecular formula is C17H26N2O3S. The quantitative estimate of drug-likeness (QED) is 0.827. The van der Waals surface area contributed by atoms with E-state index in [0.717, 1.165) is 24.4 Å². The van der Waals surface area contributed by atoms with Crippen molar-refractivity contribution in [3.05, 3.63) is 35.4 Å². The molecule has 0 spiro atoms. The first-order chi connectivity index (χ1) is 10.9. The Labute approximate surface area is 139 Å². The second kappa shape index (κ2) is 7.95. The lowest BCUT2D eigenvalue weighted by Gasteiger charge is -2.17. The predicted octanol–water partition coefficient (Wildman–Crippen LogP) is 2.11. The lowest BCUT2D eigenvalue weighted by molar-refractivity contribution is 0.369. The molecular weight excluding hydrogens is 312 g/mol. The van der Waals surface area contributed by atoms with E-state index in [1.807, 2.05) is 31.2 Å². The maximum absolute atomic E-state index is 12.1. The number of hydrogen-bond acceptors (Lipinski definition) is 4. The average Bonchev–Trinajstić information content (AvgIpc) is 2.97. The largest absolute Gasteiger partial charge is 0.497 e. The Balaban J connectivity index is 1.93. The maximum Gasteiger partial charge on any atom is 0.215 e. The summed E-state index contributed by atoms with van der Waals surface area (Å²) in [6.07, 6.45) is 2.83. The van der Waals surface area contributed by atoms with Crippen LogP contribution in [-0.2, 0) is 10.0 Å². The molecule has 1 aliphatic rings. The van der Waals surface area contributed by atoms with Crippen molar-refractivity contribution >= 4 is 16.1 Å². The summed E-state index contributed by atoms with van der Waals surface area (Å²) in [5.41, 5.74) is 2.34. The van der Waals surface area contributed by atoms with Gasteiger partial charge in [0.25, 0.3) is 0 Å². The number of nitrogens with one attached hydrogen (secondary N) is 1. The van der Waals surface area contributed by atoms with Gasteiger partial charge in [-0.2, -0.15) is 0 Å². The lowest BCUT2D eigenvalue weighted by atomic mass is 10.1. The Morgan fingerprint density at radius 3 is 2.70 bits per heavy atom. The van der Waals surface area contributed by atoms with Gasteiger partial charge in [0, 0.05) is 19.6 Å². The van der Waals surface area contributed by atoms with E-state index in [1.54, 1.807) is 7.11 Å². The Hall–Kier alpha value is -1.37. The molecule has 1 aromatic rings. The van der Waals surface area contributed by atoms with Crippen molar-refractivity contribution in [1.29, 1.82) is 0 Å². The summed E-state index contributed by atoms with van der Waals surface area (Å²) in [6.45, 7) is 6.56. The van der Waals surface area contributed by atoms with Crippen LogP contribution in [0.25, 0.3) is 6.08 Å². The van der Waals surface area contributed by atoms with E-state index in [4.69, 9.17) is 4.74 Å². The molecule has 1 saturated heterocycles. The summed E-state index contributed by atoms with van der Waals surface area (Å²) in [6, 6.07) is 7.91. The lowest BCUT2D eigenvalue weighted by Crippen LogP contribution is -2.36. The Bertz CT molecular complexity index is 638. The van der Waals surface area contributed by atoms with Crippen molar-refractivity contribution in [2.75, 3.05) is 33.3 Å². The number of benzene rings is 1. The topological polar surface area (TPSA) is 58.6 Å². The molecule has 6 heteroatoms. The minimum Gasteiger partial charge on any atom is -0.497 e. The van der Waals surface area contributed by atoms with Gasteiger partial charge in [0.1, 0.15) is 5.75 Å². The minimum atomic E-state index is -3.17. The zero-order chi connectivity index (χ0) is 16.9. The standard InChI is InChI=1S/C17H26N2O3S/c1-4-18-23(20,21)17-9-10-19(13-17)12-14(2)11-15-5-7-16(22-3)8-6-15/h5-8,11,17-18H,4,9-10,12-13H2,1-3H3/b14-11+. The molecule has 0 aromatic heterocycles. The second-order valence-corrected chi connectivity index (χ2v) is 8.00. The smallest absolute Gasteiger partial charge is 0.215 e. The molecule has 1 unspecified atom stereocenters. The highest BCUT2D eigenvalue weighted by Crippen LogP contribution is 2.19. The summed E-state index contributed by atoms with van der Waals surface area (Å²) in [4.78, 5) is 2.20. The van der Waals surface area contributed by atoms with Crippen LogP contribution in [-0.4, -0.2) is 51.9 Å². The number of hydrogen-bond donors (Lipinski definition) is 1. The highest BCUT2D eigenvalue weighted by atomic mass is 32.2. The van der Waals surface area contributed by atoms with Crippen LogP contribution >= 0.6 is 0 Å². The molecule has 23 heavy (non-hydrogen) atoms. The summed E-state index contributed by atoms with van der Waals surface area (Å²) < 4.78 is 31.9. The fourth-order valence-corrected chi connectivity index (χ4v) is 4.36. The second-order valence-electron chi connectivity index (χ2n) is 5.95. The van der Waals surface area contributed by atoms with E-state index in [2.05, 4.69) is 22.6 Å². The van der Waals surface area contributed by atoms with E-state index in [9.17, 15) is 8.42 Å². The third-order valence-corrected chi connectivity index (χ3v) is 5.97. The van der Waals surface area contributed by atoms with E-state index < -0.39 is 10.0 Å². The molecule has 1 aliphatic heterocycles. The maximum atomic E-state index is 12.1. The van der Waals surface area contributed by atoms with Crippen molar-refractivity contribution in [3.63, 3.8) is 0 Å². The van der Waals surface area contributed by atoms with E-state index >= 15 is 0 Å². The van der Waals surface area contributed by atoms with Crippen molar-refractivity contribution in [1.82, 2.24) is 9.62 Å². The summed E-state index contributed by atoms with van der Waals surface area (Å²) in [5, 5.41) is -0.295. The van der Waals surface area contributed by atoms with Crippen LogP contribution in [0, 0.1) is 0 Å². The first-order valence-electron chi connectivity index (χ1n) is 7.96. The molecule has 2 rings (SSSR count). The fourth-order valence-electron chi connectivity index (χ4n) is 2.90. The molecule has 1 N–H and O–H groups in total. The van der Waals surface area contributed by atoms with Crippen LogP contribution in [0.1, 0.15) is 25.8 Å². The van der Waals surface area contributed by atoms with Crippen LogP contribution in [0.2, 0.25) is 0 Å². The molecule has 128 valence electrons. The molecule has 0 amide bonds. The Morgan fingerprint density at radius 2 is 2.09 bits per heavy atom. The molecule has 0 radical (unpaired) electrons. The number of ether oxygens (including phenoxy) is 1. The minimum absolute atomic E-state index is 0.295. The summed E-state index contributed by atoms with van der Waals surface area (Å²) >= 11 is 0. The molecule has 0 saturated carbocycles. The first kappa shape index (κ1) is 18.0. The molecule has 0 bridgehead atoms. The Morgan fingerprint density at radius 1 is 1.39 bits per heavy atom. The molecule has 1 aromatic carbocycles. The van der Waals surface area contributed by atoms with Crippen LogP contribution in [0.3, 0.4) is 0 Å². The van der Waals surface area contributed by atoms with Crippen molar-refractivity contribution in [2.45, 2.75) is 25.5 Å². The number of nitrogens with zero attached hydrogens (tertiary/aromatic N) is 1. The van der Waals surface area contributed by atoms with Crippen LogP contribution in [0.5, 0.6) is 5.75 Å². The highest BCUT2D eigenvalue weighted by molar-refractivity contribution is 7.90. The van der Waals surface area contributed by atoms with Gasteiger partial charge in [-0.05, 0) is 37.6 Å². The van der Waals surface area contributed by atoms with Crippen molar-refractivity contribution in [3.8, 4) is 5.75 Å². The molecule has 1 fully saturated rings. The van der Waals surface area contributed by atoms with Crippen LogP contribution in [0.4, 0.5) is 0 Å². The van der Waals surface area contributed by atoms with Crippen LogP contribution < -0.4 is 9.46 Å². The number of likely N-dealkylation sites (tertiary alicyclic amines) is 1. The number of rotatable bonds is 7. The third kappa shape index (κ3) is 5.06. The molecule has 1 heterocycles. The SMILES string of the molecule is CCNS(=O)(=O)C1CCN(C/C(C)=C/c2ccc(OC)cc2)C1. The monoisotopic (exact) mass is 338 g/mol. The van der Waals surface area contributed by atoms with E-state index in [1.165, 1.54) is 5.57 Å². The van der Waals surface area contributed by atoms with Gasteiger partial charge < -0.3 is 4.74 Å². The fraction of sp³-hybridized carbons (Fsp3) is 0.529. The third-order valence-electron chi connectivity index (χ3n) is 4.02. The highest BCUT2D eigenvalue weighted by Gasteiger charge is 2.32. The van der Waals surface area contributed by atoms with Gasteiger partial charge in [-0.1, -0.05) is 30.7 Å². The van der Waals surface area contributed by atoms with E-state index in [-0.39, 0.29) is 5.25 Å². The average molecular weight is 338 g/mol. The van der Waals surface area contributed by atoms with Gasteiger partial charge in [-0.25, -0.2) is 13.1 Å². The number of methoxy groups -OCH3 is 1. The van der Waals surface area contributed by atoms with Gasteiger partial charge in [0.2, 0.25) is 10.0 Å². The van der Waals surface area contributed by atoms with Gasteiger partial charge in [-0.3, -0.25) is 4.90 Å². The number of sulfonamides is 1.